The van der Waals surface area contributed by atoms with Crippen molar-refractivity contribution in [1.29, 1.82) is 0 Å². The molecule has 0 saturated heterocycles. The second kappa shape index (κ2) is 10.3. The predicted molar refractivity (Wildman–Crippen MR) is 146 cm³/mol. The zero-order valence-corrected chi connectivity index (χ0v) is 21.8. The Kier molecular flexibility index (Phi) is 7.38. The van der Waals surface area contributed by atoms with Crippen LogP contribution in [0.15, 0.2) is 78.0 Å². The lowest BCUT2D eigenvalue weighted by Crippen LogP contribution is -2.45. The van der Waals surface area contributed by atoms with Gasteiger partial charge in [-0.25, -0.2) is 4.89 Å². The highest BCUT2D eigenvalue weighted by molar-refractivity contribution is 5.68. The molecule has 36 heavy (non-hydrogen) atoms. The first-order valence-corrected chi connectivity index (χ1v) is 12.6. The molecular weight excluding hydrogens is 444 g/mol. The molecular formula is C32H36N2O2. The molecule has 1 aromatic carbocycles. The summed E-state index contributed by atoms with van der Waals surface area (Å²) in [7, 11) is 0. The summed E-state index contributed by atoms with van der Waals surface area (Å²) in [5, 5.41) is 9.32. The molecule has 2 aliphatic rings. The molecule has 0 radical (unpaired) electrons. The van der Waals surface area contributed by atoms with Crippen molar-refractivity contribution in [2.75, 3.05) is 0 Å². The topological polar surface area (TPSA) is 68.4 Å². The normalized spacial score (nSPS) is 24.9. The summed E-state index contributed by atoms with van der Waals surface area (Å²) < 4.78 is 0. The molecule has 0 bridgehead atoms. The molecule has 1 aromatic heterocycles. The minimum absolute atomic E-state index is 0.0189. The first kappa shape index (κ1) is 25.7. The van der Waals surface area contributed by atoms with E-state index in [2.05, 4.69) is 67.2 Å². The molecule has 0 amide bonds. The maximum atomic E-state index is 9.32. The SMILES string of the molecule is C=C/C=C(\N)C(C)=C=C(C)[C@]1(C)c2cc(-c3cncc(C#CC)c3)ccc2CC12CCC(OO)CC2. The van der Waals surface area contributed by atoms with Crippen LogP contribution in [0.1, 0.15) is 70.1 Å². The molecule has 4 rings (SSSR count). The van der Waals surface area contributed by atoms with Gasteiger partial charge in [0.05, 0.1) is 6.10 Å². The van der Waals surface area contributed by atoms with Gasteiger partial charge >= 0.3 is 0 Å². The van der Waals surface area contributed by atoms with Crippen LogP contribution in [0.3, 0.4) is 0 Å². The number of hydrogen-bond acceptors (Lipinski definition) is 4. The molecule has 186 valence electrons. The first-order chi connectivity index (χ1) is 17.3. The Hall–Kier alpha value is -3.35. The van der Waals surface area contributed by atoms with Crippen LogP contribution in [0, 0.1) is 17.3 Å². The molecule has 2 aliphatic carbocycles. The molecule has 1 heterocycles. The molecule has 1 atom stereocenters. The quantitative estimate of drug-likeness (QED) is 0.161. The van der Waals surface area contributed by atoms with E-state index < -0.39 is 0 Å². The molecule has 0 unspecified atom stereocenters. The van der Waals surface area contributed by atoms with Crippen LogP contribution in [0.25, 0.3) is 11.1 Å². The number of nitrogens with zero attached hydrogens (tertiary/aromatic N) is 1. The van der Waals surface area contributed by atoms with Gasteiger partial charge in [0.2, 0.25) is 0 Å². The summed E-state index contributed by atoms with van der Waals surface area (Å²) in [6, 6.07) is 8.92. The van der Waals surface area contributed by atoms with E-state index in [-0.39, 0.29) is 16.9 Å². The molecule has 1 spiro atoms. The van der Waals surface area contributed by atoms with E-state index >= 15 is 0 Å². The Morgan fingerprint density at radius 2 is 1.94 bits per heavy atom. The Morgan fingerprint density at radius 3 is 2.61 bits per heavy atom. The number of pyridine rings is 1. The molecule has 0 aliphatic heterocycles. The van der Waals surface area contributed by atoms with Crippen molar-refractivity contribution in [2.45, 2.75) is 71.3 Å². The van der Waals surface area contributed by atoms with Crippen molar-refractivity contribution >= 4 is 0 Å². The molecule has 1 saturated carbocycles. The lowest BCUT2D eigenvalue weighted by Gasteiger charge is -2.48. The minimum atomic E-state index is -0.247. The van der Waals surface area contributed by atoms with Crippen molar-refractivity contribution in [3.63, 3.8) is 0 Å². The van der Waals surface area contributed by atoms with Crippen LogP contribution in [0.4, 0.5) is 0 Å². The van der Waals surface area contributed by atoms with Crippen molar-refractivity contribution < 1.29 is 10.1 Å². The fourth-order valence-electron chi connectivity index (χ4n) is 6.27. The van der Waals surface area contributed by atoms with E-state index in [9.17, 15) is 5.26 Å². The van der Waals surface area contributed by atoms with Crippen LogP contribution >= 0.6 is 0 Å². The number of nitrogens with two attached hydrogens (primary N) is 1. The van der Waals surface area contributed by atoms with Gasteiger partial charge < -0.3 is 5.73 Å². The highest BCUT2D eigenvalue weighted by Crippen LogP contribution is 2.62. The fraction of sp³-hybridized carbons (Fsp3) is 0.375. The first-order valence-electron chi connectivity index (χ1n) is 12.6. The summed E-state index contributed by atoms with van der Waals surface area (Å²) in [4.78, 5) is 9.19. The van der Waals surface area contributed by atoms with Gasteiger partial charge in [-0.3, -0.25) is 10.2 Å². The van der Waals surface area contributed by atoms with Gasteiger partial charge in [-0.05, 0) is 98.8 Å². The van der Waals surface area contributed by atoms with Gasteiger partial charge in [-0.15, -0.1) is 11.7 Å². The maximum absolute atomic E-state index is 9.32. The second-order valence-electron chi connectivity index (χ2n) is 10.3. The van der Waals surface area contributed by atoms with Gasteiger partial charge in [-0.2, -0.15) is 0 Å². The van der Waals surface area contributed by atoms with Gasteiger partial charge in [0, 0.05) is 40.2 Å². The standard InChI is InChI=1S/C32H36N2O2/c1-6-8-24-17-27(21-34-20-24)25-10-11-26-19-32(14-12-28(36-35)13-15-32)31(5,29(26)18-25)23(4)16-22(3)30(33)9-7-2/h7,9-11,17-18,20-21,28,35H,2,12-15,19,33H2,1,3-5H3/b30-9-/t16?,28?,31-,32?/m1/s1. The summed E-state index contributed by atoms with van der Waals surface area (Å²) >= 11 is 0. The van der Waals surface area contributed by atoms with Crippen molar-refractivity contribution in [2.24, 2.45) is 11.1 Å². The van der Waals surface area contributed by atoms with Crippen molar-refractivity contribution in [1.82, 2.24) is 4.98 Å². The third kappa shape index (κ3) is 4.47. The van der Waals surface area contributed by atoms with Crippen LogP contribution in [0.2, 0.25) is 0 Å². The van der Waals surface area contributed by atoms with Crippen LogP contribution in [-0.2, 0) is 16.7 Å². The smallest absolute Gasteiger partial charge is 0.0927 e. The van der Waals surface area contributed by atoms with Gasteiger partial charge in [-0.1, -0.05) is 37.6 Å². The number of hydrogen-bond donors (Lipinski definition) is 2. The highest BCUT2D eigenvalue weighted by Gasteiger charge is 2.56. The Labute approximate surface area is 215 Å². The summed E-state index contributed by atoms with van der Waals surface area (Å²) in [6.07, 6.45) is 11.7. The van der Waals surface area contributed by atoms with Crippen molar-refractivity contribution in [3.8, 4) is 23.0 Å². The Balaban J connectivity index is 1.89. The summed E-state index contributed by atoms with van der Waals surface area (Å²) in [5.74, 6) is 6.08. The van der Waals surface area contributed by atoms with E-state index in [1.807, 2.05) is 26.1 Å². The number of benzene rings is 1. The molecule has 3 N–H and O–H groups in total. The number of rotatable bonds is 5. The van der Waals surface area contributed by atoms with Gasteiger partial charge in [0.15, 0.2) is 0 Å². The largest absolute Gasteiger partial charge is 0.398 e. The van der Waals surface area contributed by atoms with Gasteiger partial charge in [0.1, 0.15) is 0 Å². The molecule has 4 heteroatoms. The number of allylic oxidation sites excluding steroid dienone is 3. The van der Waals surface area contributed by atoms with E-state index in [1.165, 1.54) is 16.7 Å². The number of aromatic nitrogens is 1. The molecule has 1 fully saturated rings. The predicted octanol–water partition coefficient (Wildman–Crippen LogP) is 6.87. The zero-order valence-electron chi connectivity index (χ0n) is 21.8. The van der Waals surface area contributed by atoms with Crippen LogP contribution < -0.4 is 5.73 Å². The van der Waals surface area contributed by atoms with Crippen LogP contribution in [0.5, 0.6) is 0 Å². The Morgan fingerprint density at radius 1 is 1.19 bits per heavy atom. The van der Waals surface area contributed by atoms with Crippen molar-refractivity contribution in [3.05, 3.63) is 94.7 Å². The summed E-state index contributed by atoms with van der Waals surface area (Å²) in [5.41, 5.74) is 18.3. The van der Waals surface area contributed by atoms with E-state index in [1.54, 1.807) is 12.3 Å². The Bertz CT molecular complexity index is 1330. The van der Waals surface area contributed by atoms with E-state index in [0.29, 0.717) is 5.70 Å². The highest BCUT2D eigenvalue weighted by atomic mass is 17.1. The van der Waals surface area contributed by atoms with Gasteiger partial charge in [0.25, 0.3) is 0 Å². The number of fused-ring (bicyclic) bond motifs is 1. The average Bonchev–Trinajstić information content (AvgIpc) is 3.13. The monoisotopic (exact) mass is 480 g/mol. The molecule has 2 aromatic rings. The maximum Gasteiger partial charge on any atom is 0.0927 e. The third-order valence-electron chi connectivity index (χ3n) is 8.47. The van der Waals surface area contributed by atoms with Crippen LogP contribution in [-0.4, -0.2) is 16.3 Å². The summed E-state index contributed by atoms with van der Waals surface area (Å²) in [6.45, 7) is 12.2. The minimum Gasteiger partial charge on any atom is -0.398 e. The zero-order chi connectivity index (χ0) is 25.9. The van der Waals surface area contributed by atoms with E-state index in [0.717, 1.165) is 54.4 Å². The lowest BCUT2D eigenvalue weighted by atomic mass is 9.55. The average molecular weight is 481 g/mol. The third-order valence-corrected chi connectivity index (χ3v) is 8.47. The lowest BCUT2D eigenvalue weighted by molar-refractivity contribution is -0.288. The second-order valence-corrected chi connectivity index (χ2v) is 10.3. The van der Waals surface area contributed by atoms with E-state index in [4.69, 9.17) is 10.6 Å². The molecule has 4 nitrogen and oxygen atoms in total. The fourth-order valence-corrected chi connectivity index (χ4v) is 6.27.